The molecule has 1 rings (SSSR count). The minimum atomic E-state index is -2.41. The van der Waals surface area contributed by atoms with Crippen LogP contribution < -0.4 is 5.32 Å². The Morgan fingerprint density at radius 3 is 2.61 bits per heavy atom. The first-order valence-corrected chi connectivity index (χ1v) is 6.20. The van der Waals surface area contributed by atoms with Gasteiger partial charge in [0.15, 0.2) is 0 Å². The van der Waals surface area contributed by atoms with Gasteiger partial charge in [-0.25, -0.2) is 8.78 Å². The summed E-state index contributed by atoms with van der Waals surface area (Å²) in [5, 5.41) is 3.27. The molecule has 1 aromatic rings. The molecule has 3 nitrogen and oxygen atoms in total. The molecule has 0 saturated heterocycles. The molecule has 0 aliphatic rings. The third-order valence-electron chi connectivity index (χ3n) is 2.77. The largest absolute Gasteiger partial charge is 0.464 e. The number of alkyl halides is 2. The number of hydrogen-bond acceptors (Lipinski definition) is 3. The molecule has 0 spiro atoms. The van der Waals surface area contributed by atoms with Crippen LogP contribution in [0.2, 0.25) is 0 Å². The molecule has 1 atom stereocenters. The van der Waals surface area contributed by atoms with Gasteiger partial charge >= 0.3 is 0 Å². The SMILES string of the molecule is CCNC(CCOCC(F)F)c1cc(C)c(C)o1. The van der Waals surface area contributed by atoms with Crippen molar-refractivity contribution >= 4 is 0 Å². The standard InChI is InChI=1S/C13H21F2NO2/c1-4-16-11(5-6-17-8-13(14)15)12-7-9(2)10(3)18-12/h7,11,13,16H,4-6,8H2,1-3H3. The van der Waals surface area contributed by atoms with Crippen molar-refractivity contribution in [1.29, 1.82) is 0 Å². The van der Waals surface area contributed by atoms with E-state index in [-0.39, 0.29) is 6.04 Å². The molecule has 0 amide bonds. The molecule has 1 unspecified atom stereocenters. The summed E-state index contributed by atoms with van der Waals surface area (Å²) < 4.78 is 34.4. The molecule has 0 radical (unpaired) electrons. The van der Waals surface area contributed by atoms with Gasteiger partial charge in [0.25, 0.3) is 6.43 Å². The second-order valence-electron chi connectivity index (χ2n) is 4.25. The molecule has 5 heteroatoms. The Morgan fingerprint density at radius 1 is 1.39 bits per heavy atom. The van der Waals surface area contributed by atoms with Crippen LogP contribution in [0.25, 0.3) is 0 Å². The average molecular weight is 261 g/mol. The molecule has 0 fully saturated rings. The van der Waals surface area contributed by atoms with Crippen molar-refractivity contribution in [2.24, 2.45) is 0 Å². The number of furan rings is 1. The van der Waals surface area contributed by atoms with Crippen LogP contribution in [0.3, 0.4) is 0 Å². The summed E-state index contributed by atoms with van der Waals surface area (Å²) in [6, 6.07) is 2.00. The summed E-state index contributed by atoms with van der Waals surface area (Å²) in [7, 11) is 0. The highest BCUT2D eigenvalue weighted by molar-refractivity contribution is 5.20. The monoisotopic (exact) mass is 261 g/mol. The van der Waals surface area contributed by atoms with E-state index in [2.05, 4.69) is 5.32 Å². The minimum Gasteiger partial charge on any atom is -0.464 e. The molecule has 18 heavy (non-hydrogen) atoms. The van der Waals surface area contributed by atoms with Crippen molar-refractivity contribution in [2.75, 3.05) is 19.8 Å². The molecular formula is C13H21F2NO2. The van der Waals surface area contributed by atoms with Gasteiger partial charge in [0, 0.05) is 6.61 Å². The number of nitrogens with one attached hydrogen (secondary N) is 1. The van der Waals surface area contributed by atoms with Gasteiger partial charge in [-0.15, -0.1) is 0 Å². The Morgan fingerprint density at radius 2 is 2.11 bits per heavy atom. The maximum atomic E-state index is 11.9. The second-order valence-corrected chi connectivity index (χ2v) is 4.25. The lowest BCUT2D eigenvalue weighted by Crippen LogP contribution is -2.22. The third-order valence-corrected chi connectivity index (χ3v) is 2.77. The quantitative estimate of drug-likeness (QED) is 0.730. The van der Waals surface area contributed by atoms with Crippen molar-refractivity contribution in [3.8, 4) is 0 Å². The second kappa shape index (κ2) is 7.48. The topological polar surface area (TPSA) is 34.4 Å². The van der Waals surface area contributed by atoms with Crippen LogP contribution in [0.4, 0.5) is 8.78 Å². The number of hydrogen-bond donors (Lipinski definition) is 1. The van der Waals surface area contributed by atoms with Crippen LogP contribution in [0, 0.1) is 13.8 Å². The van der Waals surface area contributed by atoms with E-state index in [1.165, 1.54) is 0 Å². The number of halogens is 2. The molecule has 0 saturated carbocycles. The van der Waals surface area contributed by atoms with Crippen LogP contribution in [0.15, 0.2) is 10.5 Å². The normalized spacial score (nSPS) is 13.2. The predicted molar refractivity (Wildman–Crippen MR) is 66.0 cm³/mol. The summed E-state index contributed by atoms with van der Waals surface area (Å²) in [4.78, 5) is 0. The molecule has 0 aromatic carbocycles. The van der Waals surface area contributed by atoms with Gasteiger partial charge in [-0.05, 0) is 38.4 Å². The van der Waals surface area contributed by atoms with Crippen molar-refractivity contribution in [3.05, 3.63) is 23.2 Å². The Kier molecular flexibility index (Phi) is 6.29. The van der Waals surface area contributed by atoms with E-state index in [0.29, 0.717) is 13.0 Å². The number of rotatable bonds is 8. The Balaban J connectivity index is 2.49. The third kappa shape index (κ3) is 4.74. The number of aryl methyl sites for hydroxylation is 2. The van der Waals surface area contributed by atoms with Crippen LogP contribution >= 0.6 is 0 Å². The predicted octanol–water partition coefficient (Wildman–Crippen LogP) is 3.22. The highest BCUT2D eigenvalue weighted by Crippen LogP contribution is 2.22. The van der Waals surface area contributed by atoms with E-state index >= 15 is 0 Å². The molecule has 0 bridgehead atoms. The summed E-state index contributed by atoms with van der Waals surface area (Å²) in [6.45, 7) is 6.47. The van der Waals surface area contributed by atoms with Gasteiger partial charge in [-0.3, -0.25) is 0 Å². The van der Waals surface area contributed by atoms with Crippen LogP contribution in [0.5, 0.6) is 0 Å². The van der Waals surface area contributed by atoms with Gasteiger partial charge in [-0.2, -0.15) is 0 Å². The van der Waals surface area contributed by atoms with Gasteiger partial charge in [0.05, 0.1) is 6.04 Å². The summed E-state index contributed by atoms with van der Waals surface area (Å²) in [6.07, 6.45) is -1.79. The maximum Gasteiger partial charge on any atom is 0.261 e. The van der Waals surface area contributed by atoms with Crippen molar-refractivity contribution in [3.63, 3.8) is 0 Å². The Hall–Kier alpha value is -0.940. The Labute approximate surface area is 107 Å². The smallest absolute Gasteiger partial charge is 0.261 e. The maximum absolute atomic E-state index is 11.9. The van der Waals surface area contributed by atoms with E-state index in [9.17, 15) is 8.78 Å². The van der Waals surface area contributed by atoms with Gasteiger partial charge in [0.2, 0.25) is 0 Å². The molecular weight excluding hydrogens is 240 g/mol. The van der Waals surface area contributed by atoms with Crippen molar-refractivity contribution in [2.45, 2.75) is 39.7 Å². The van der Waals surface area contributed by atoms with E-state index < -0.39 is 13.0 Å². The lowest BCUT2D eigenvalue weighted by Gasteiger charge is -2.15. The molecule has 0 aliphatic carbocycles. The summed E-state index contributed by atoms with van der Waals surface area (Å²) in [5.41, 5.74) is 1.10. The van der Waals surface area contributed by atoms with Crippen molar-refractivity contribution < 1.29 is 17.9 Å². The summed E-state index contributed by atoms with van der Waals surface area (Å²) >= 11 is 0. The molecule has 1 N–H and O–H groups in total. The first-order valence-electron chi connectivity index (χ1n) is 6.20. The minimum absolute atomic E-state index is 0.0140. The fourth-order valence-corrected chi connectivity index (χ4v) is 1.74. The van der Waals surface area contributed by atoms with Crippen LogP contribution in [-0.4, -0.2) is 26.2 Å². The van der Waals surface area contributed by atoms with Gasteiger partial charge in [-0.1, -0.05) is 6.92 Å². The highest BCUT2D eigenvalue weighted by atomic mass is 19.3. The number of ether oxygens (including phenoxy) is 1. The van der Waals surface area contributed by atoms with Crippen LogP contribution in [-0.2, 0) is 4.74 Å². The van der Waals surface area contributed by atoms with E-state index in [4.69, 9.17) is 9.15 Å². The summed E-state index contributed by atoms with van der Waals surface area (Å²) in [5.74, 6) is 1.73. The zero-order valence-electron chi connectivity index (χ0n) is 11.1. The molecule has 0 aliphatic heterocycles. The van der Waals surface area contributed by atoms with E-state index in [1.807, 2.05) is 26.8 Å². The van der Waals surface area contributed by atoms with Crippen LogP contribution in [0.1, 0.15) is 36.5 Å². The van der Waals surface area contributed by atoms with Gasteiger partial charge < -0.3 is 14.5 Å². The zero-order chi connectivity index (χ0) is 13.5. The van der Waals surface area contributed by atoms with Gasteiger partial charge in [0.1, 0.15) is 18.1 Å². The lowest BCUT2D eigenvalue weighted by molar-refractivity contribution is 0.0139. The highest BCUT2D eigenvalue weighted by Gasteiger charge is 2.15. The zero-order valence-corrected chi connectivity index (χ0v) is 11.1. The fourth-order valence-electron chi connectivity index (χ4n) is 1.74. The lowest BCUT2D eigenvalue weighted by atomic mass is 10.1. The van der Waals surface area contributed by atoms with E-state index in [1.54, 1.807) is 0 Å². The molecule has 1 aromatic heterocycles. The van der Waals surface area contributed by atoms with E-state index in [0.717, 1.165) is 23.6 Å². The first kappa shape index (κ1) is 15.1. The Bertz CT molecular complexity index is 333. The average Bonchev–Trinajstić information content (AvgIpc) is 2.63. The molecule has 1 heterocycles. The molecule has 104 valence electrons. The fraction of sp³-hybridized carbons (Fsp3) is 0.692. The van der Waals surface area contributed by atoms with Crippen molar-refractivity contribution in [1.82, 2.24) is 5.32 Å². The first-order chi connectivity index (χ1) is 8.54.